The Morgan fingerprint density at radius 2 is 0.733 bits per heavy atom. The molecule has 60 heavy (non-hydrogen) atoms. The Labute approximate surface area is 353 Å². The molecule has 2 nitrogen and oxygen atoms in total. The van der Waals surface area contributed by atoms with Crippen molar-refractivity contribution in [3.05, 3.63) is 222 Å². The Morgan fingerprint density at radius 3 is 1.25 bits per heavy atom. The van der Waals surface area contributed by atoms with E-state index in [4.69, 9.17) is 9.31 Å². The summed E-state index contributed by atoms with van der Waals surface area (Å²) in [5.41, 5.74) is 14.3. The van der Waals surface area contributed by atoms with Crippen LogP contribution in [-0.4, -0.2) is 18.3 Å². The first kappa shape index (κ1) is 36.6. The van der Waals surface area contributed by atoms with Crippen molar-refractivity contribution in [3.8, 4) is 44.5 Å². The first-order valence-corrected chi connectivity index (χ1v) is 21.1. The van der Waals surface area contributed by atoms with Gasteiger partial charge >= 0.3 is 7.12 Å². The molecule has 0 aromatic heterocycles. The van der Waals surface area contributed by atoms with Crippen molar-refractivity contribution >= 4 is 34.1 Å². The van der Waals surface area contributed by atoms with Gasteiger partial charge in [0, 0.05) is 0 Å². The molecule has 0 unspecified atom stereocenters. The van der Waals surface area contributed by atoms with E-state index in [2.05, 4.69) is 228 Å². The molecule has 9 aromatic rings. The van der Waals surface area contributed by atoms with E-state index in [0.717, 1.165) is 5.46 Å². The van der Waals surface area contributed by atoms with Crippen LogP contribution in [0.1, 0.15) is 49.9 Å². The summed E-state index contributed by atoms with van der Waals surface area (Å²) in [6.07, 6.45) is 0. The molecule has 0 saturated carbocycles. The first-order chi connectivity index (χ1) is 29.2. The van der Waals surface area contributed by atoms with Crippen molar-refractivity contribution in [2.75, 3.05) is 0 Å². The lowest BCUT2D eigenvalue weighted by Gasteiger charge is -2.34. The van der Waals surface area contributed by atoms with Gasteiger partial charge in [-0.1, -0.05) is 194 Å². The van der Waals surface area contributed by atoms with Gasteiger partial charge in [0.1, 0.15) is 0 Å². The lowest BCUT2D eigenvalue weighted by molar-refractivity contribution is 0.00578. The highest BCUT2D eigenvalue weighted by atomic mass is 16.7. The quantitative estimate of drug-likeness (QED) is 0.124. The molecule has 1 aliphatic heterocycles. The predicted molar refractivity (Wildman–Crippen MR) is 251 cm³/mol. The highest BCUT2D eigenvalue weighted by molar-refractivity contribution is 6.62. The summed E-state index contributed by atoms with van der Waals surface area (Å²) in [7, 11) is -0.477. The van der Waals surface area contributed by atoms with E-state index in [1.807, 2.05) is 0 Å². The second kappa shape index (κ2) is 13.8. The SMILES string of the molecule is CC1(C)OB(c2ccc3c(c2)C(c2ccccc2)(c2ccccc2)c2cc(-c4c5ccccc5c(-c5ccc(-c6ccccc6)cc5)c5ccccc45)ccc2-3)OC1(C)C. The van der Waals surface area contributed by atoms with Crippen LogP contribution in [0.5, 0.6) is 0 Å². The molecule has 1 aliphatic carbocycles. The molecule has 288 valence electrons. The summed E-state index contributed by atoms with van der Waals surface area (Å²) < 4.78 is 13.3. The third-order valence-corrected chi connectivity index (χ3v) is 13.6. The van der Waals surface area contributed by atoms with Gasteiger partial charge in [-0.05, 0) is 128 Å². The Balaban J connectivity index is 1.15. The summed E-state index contributed by atoms with van der Waals surface area (Å²) in [6, 6.07) is 73.8. The molecule has 1 saturated heterocycles. The molecule has 0 radical (unpaired) electrons. The third kappa shape index (κ3) is 5.50. The minimum absolute atomic E-state index is 0.447. The van der Waals surface area contributed by atoms with Crippen LogP contribution in [0, 0.1) is 0 Å². The molecule has 3 heteroatoms. The van der Waals surface area contributed by atoms with Crippen LogP contribution in [0.2, 0.25) is 0 Å². The molecule has 9 aromatic carbocycles. The molecule has 1 heterocycles. The lowest BCUT2D eigenvalue weighted by Crippen LogP contribution is -2.41. The van der Waals surface area contributed by atoms with Crippen molar-refractivity contribution in [3.63, 3.8) is 0 Å². The number of rotatable bonds is 6. The van der Waals surface area contributed by atoms with Crippen LogP contribution >= 0.6 is 0 Å². The molecule has 1 fully saturated rings. The Bertz CT molecular complexity index is 2970. The zero-order valence-corrected chi connectivity index (χ0v) is 34.4. The topological polar surface area (TPSA) is 18.5 Å². The minimum atomic E-state index is -0.602. The largest absolute Gasteiger partial charge is 0.494 e. The average Bonchev–Trinajstić information content (AvgIpc) is 3.71. The van der Waals surface area contributed by atoms with Crippen LogP contribution in [0.3, 0.4) is 0 Å². The van der Waals surface area contributed by atoms with Crippen LogP contribution in [0.15, 0.2) is 200 Å². The molecule has 0 N–H and O–H groups in total. The van der Waals surface area contributed by atoms with E-state index in [0.29, 0.717) is 0 Å². The summed E-state index contributed by atoms with van der Waals surface area (Å²) in [5.74, 6) is 0. The molecule has 0 atom stereocenters. The van der Waals surface area contributed by atoms with Gasteiger partial charge in [0.2, 0.25) is 0 Å². The zero-order valence-electron chi connectivity index (χ0n) is 34.4. The fourth-order valence-corrected chi connectivity index (χ4v) is 10.00. The zero-order chi connectivity index (χ0) is 40.6. The molecule has 0 spiro atoms. The second-order valence-corrected chi connectivity index (χ2v) is 17.4. The Morgan fingerprint density at radius 1 is 0.350 bits per heavy atom. The van der Waals surface area contributed by atoms with E-state index in [1.54, 1.807) is 0 Å². The van der Waals surface area contributed by atoms with E-state index >= 15 is 0 Å². The first-order valence-electron chi connectivity index (χ1n) is 21.1. The predicted octanol–water partition coefficient (Wildman–Crippen LogP) is 13.7. The highest BCUT2D eigenvalue weighted by Gasteiger charge is 2.53. The van der Waals surface area contributed by atoms with Gasteiger partial charge in [0.15, 0.2) is 0 Å². The van der Waals surface area contributed by atoms with E-state index in [-0.39, 0.29) is 0 Å². The van der Waals surface area contributed by atoms with Crippen LogP contribution in [-0.2, 0) is 14.7 Å². The van der Waals surface area contributed by atoms with Gasteiger partial charge < -0.3 is 9.31 Å². The maximum atomic E-state index is 6.67. The van der Waals surface area contributed by atoms with Gasteiger partial charge in [-0.25, -0.2) is 0 Å². The smallest absolute Gasteiger partial charge is 0.399 e. The molecular weight excluding hydrogens is 727 g/mol. The normalized spacial score (nSPS) is 15.9. The number of fused-ring (bicyclic) bond motifs is 5. The average molecular weight is 773 g/mol. The summed E-state index contributed by atoms with van der Waals surface area (Å²) >= 11 is 0. The van der Waals surface area contributed by atoms with Crippen molar-refractivity contribution < 1.29 is 9.31 Å². The lowest BCUT2D eigenvalue weighted by atomic mass is 9.66. The Hall–Kier alpha value is -6.52. The van der Waals surface area contributed by atoms with Crippen LogP contribution < -0.4 is 5.46 Å². The van der Waals surface area contributed by atoms with Crippen molar-refractivity contribution in [2.45, 2.75) is 44.3 Å². The monoisotopic (exact) mass is 772 g/mol. The van der Waals surface area contributed by atoms with Crippen LogP contribution in [0.4, 0.5) is 0 Å². The third-order valence-electron chi connectivity index (χ3n) is 13.6. The minimum Gasteiger partial charge on any atom is -0.399 e. The number of hydrogen-bond acceptors (Lipinski definition) is 2. The number of hydrogen-bond donors (Lipinski definition) is 0. The van der Waals surface area contributed by atoms with Crippen molar-refractivity contribution in [1.82, 2.24) is 0 Å². The van der Waals surface area contributed by atoms with Gasteiger partial charge in [0.25, 0.3) is 0 Å². The van der Waals surface area contributed by atoms with E-state index in [1.165, 1.54) is 88.3 Å². The fraction of sp³-hybridized carbons (Fsp3) is 0.123. The summed E-state index contributed by atoms with van der Waals surface area (Å²) in [6.45, 7) is 8.49. The van der Waals surface area contributed by atoms with Crippen LogP contribution in [0.25, 0.3) is 66.1 Å². The second-order valence-electron chi connectivity index (χ2n) is 17.4. The number of benzene rings is 9. The van der Waals surface area contributed by atoms with Crippen molar-refractivity contribution in [2.24, 2.45) is 0 Å². The molecular formula is C57H45BO2. The van der Waals surface area contributed by atoms with Gasteiger partial charge in [-0.3, -0.25) is 0 Å². The Kier molecular flexibility index (Phi) is 8.39. The maximum Gasteiger partial charge on any atom is 0.494 e. The summed E-state index contributed by atoms with van der Waals surface area (Å²) in [5, 5.41) is 4.96. The van der Waals surface area contributed by atoms with Crippen molar-refractivity contribution in [1.29, 1.82) is 0 Å². The van der Waals surface area contributed by atoms with E-state index in [9.17, 15) is 0 Å². The van der Waals surface area contributed by atoms with Gasteiger partial charge in [0.05, 0.1) is 16.6 Å². The van der Waals surface area contributed by atoms with Gasteiger partial charge in [-0.2, -0.15) is 0 Å². The van der Waals surface area contributed by atoms with E-state index < -0.39 is 23.7 Å². The molecule has 2 aliphatic rings. The molecule has 0 amide bonds. The molecule has 0 bridgehead atoms. The highest BCUT2D eigenvalue weighted by Crippen LogP contribution is 2.57. The summed E-state index contributed by atoms with van der Waals surface area (Å²) in [4.78, 5) is 0. The van der Waals surface area contributed by atoms with Gasteiger partial charge in [-0.15, -0.1) is 0 Å². The molecule has 11 rings (SSSR count). The maximum absolute atomic E-state index is 6.67. The standard InChI is InChI=1S/C57H45BO2/c1-55(2)56(3,4)60-58(59-55)44-33-35-46-45-34-32-41(36-51(45)57(52(46)37-44,42-20-10-6-11-21-42)43-22-12-7-13-23-43)54-49-26-16-14-24-47(49)53(48-25-15-17-27-50(48)54)40-30-28-39(29-31-40)38-18-8-5-9-19-38/h5-37H,1-4H3. The fourth-order valence-electron chi connectivity index (χ4n) is 10.00.